The minimum atomic E-state index is -0.112. The molecule has 0 aromatic carbocycles. The van der Waals surface area contributed by atoms with E-state index in [-0.39, 0.29) is 17.9 Å². The fourth-order valence-electron chi connectivity index (χ4n) is 1.44. The van der Waals surface area contributed by atoms with Crippen LogP contribution in [0.4, 0.5) is 5.95 Å². The molecule has 7 heteroatoms. The van der Waals surface area contributed by atoms with Crippen LogP contribution < -0.4 is 10.6 Å². The van der Waals surface area contributed by atoms with Gasteiger partial charge in [0.2, 0.25) is 5.91 Å². The van der Waals surface area contributed by atoms with Crippen molar-refractivity contribution in [2.45, 2.75) is 18.9 Å². The maximum Gasteiger partial charge on any atom is 0.270 e. The Morgan fingerprint density at radius 1 is 1.71 bits per heavy atom. The summed E-state index contributed by atoms with van der Waals surface area (Å²) in [6.45, 7) is 0.895. The molecule has 0 bridgehead atoms. The van der Waals surface area contributed by atoms with Gasteiger partial charge >= 0.3 is 0 Å². The number of hydrogen-bond donors (Lipinski definition) is 2. The van der Waals surface area contributed by atoms with Gasteiger partial charge in [-0.25, -0.2) is 0 Å². The van der Waals surface area contributed by atoms with Crippen LogP contribution in [0.5, 0.6) is 0 Å². The molecule has 1 amide bonds. The lowest BCUT2D eigenvalue weighted by Gasteiger charge is -2.07. The Balaban J connectivity index is 1.93. The third-order valence-electron chi connectivity index (χ3n) is 2.12. The van der Waals surface area contributed by atoms with Crippen LogP contribution in [0.15, 0.2) is 0 Å². The molecule has 1 fully saturated rings. The summed E-state index contributed by atoms with van der Waals surface area (Å²) in [7, 11) is 1.65. The molecule has 14 heavy (non-hydrogen) atoms. The lowest BCUT2D eigenvalue weighted by atomic mass is 10.2. The van der Waals surface area contributed by atoms with Gasteiger partial charge in [0, 0.05) is 0 Å². The van der Waals surface area contributed by atoms with E-state index in [9.17, 15) is 4.79 Å². The highest BCUT2D eigenvalue weighted by molar-refractivity contribution is 5.93. The largest absolute Gasteiger partial charge is 0.306 e. The Labute approximate surface area is 80.9 Å². The number of amides is 1. The van der Waals surface area contributed by atoms with Crippen molar-refractivity contribution in [1.82, 2.24) is 25.5 Å². The van der Waals surface area contributed by atoms with E-state index in [2.05, 4.69) is 26.0 Å². The molecule has 1 aliphatic heterocycles. The molecule has 0 spiro atoms. The lowest BCUT2D eigenvalue weighted by Crippen LogP contribution is -2.35. The summed E-state index contributed by atoms with van der Waals surface area (Å²) >= 11 is 0. The molecule has 1 atom stereocenters. The van der Waals surface area contributed by atoms with Gasteiger partial charge in [0.05, 0.1) is 13.1 Å². The first-order chi connectivity index (χ1) is 6.75. The molecule has 1 saturated heterocycles. The van der Waals surface area contributed by atoms with Gasteiger partial charge in [-0.1, -0.05) is 5.10 Å². The molecule has 2 heterocycles. The summed E-state index contributed by atoms with van der Waals surface area (Å²) in [6, 6.07) is -0.112. The number of nitrogens with one attached hydrogen (secondary N) is 2. The third kappa shape index (κ3) is 1.87. The maximum atomic E-state index is 11.5. The van der Waals surface area contributed by atoms with E-state index >= 15 is 0 Å². The van der Waals surface area contributed by atoms with Crippen molar-refractivity contribution in [2.75, 3.05) is 11.9 Å². The molecule has 76 valence electrons. The first kappa shape index (κ1) is 9.07. The fraction of sp³-hybridized carbons (Fsp3) is 0.714. The lowest BCUT2D eigenvalue weighted by molar-refractivity contribution is -0.117. The Bertz CT molecular complexity index is 329. The molecular formula is C7H12N6O. The minimum Gasteiger partial charge on any atom is -0.306 e. The van der Waals surface area contributed by atoms with E-state index < -0.39 is 0 Å². The number of tetrazole rings is 1. The van der Waals surface area contributed by atoms with Crippen LogP contribution in [0.1, 0.15) is 12.8 Å². The monoisotopic (exact) mass is 196 g/mol. The maximum absolute atomic E-state index is 11.5. The van der Waals surface area contributed by atoms with E-state index in [1.807, 2.05) is 0 Å². The Morgan fingerprint density at radius 2 is 2.57 bits per heavy atom. The van der Waals surface area contributed by atoms with Crippen LogP contribution in [-0.4, -0.2) is 38.7 Å². The molecule has 2 N–H and O–H groups in total. The summed E-state index contributed by atoms with van der Waals surface area (Å²) < 4.78 is 0. The average Bonchev–Trinajstić information content (AvgIpc) is 2.75. The second-order valence-corrected chi connectivity index (χ2v) is 3.24. The molecule has 0 aliphatic carbocycles. The minimum absolute atomic E-state index is 0.0875. The summed E-state index contributed by atoms with van der Waals surface area (Å²) in [5.41, 5.74) is 0. The molecular weight excluding hydrogens is 184 g/mol. The Morgan fingerprint density at radius 3 is 3.14 bits per heavy atom. The van der Waals surface area contributed by atoms with Crippen molar-refractivity contribution in [3.8, 4) is 0 Å². The quantitative estimate of drug-likeness (QED) is 0.627. The molecule has 0 unspecified atom stereocenters. The topological polar surface area (TPSA) is 84.7 Å². The smallest absolute Gasteiger partial charge is 0.270 e. The number of hydrogen-bond acceptors (Lipinski definition) is 5. The Hall–Kier alpha value is -1.50. The number of carbonyl (C=O) groups is 1. The molecule has 0 saturated carbocycles. The molecule has 1 aromatic rings. The molecule has 7 nitrogen and oxygen atoms in total. The number of nitrogens with zero attached hydrogens (tertiary/aromatic N) is 4. The van der Waals surface area contributed by atoms with Crippen molar-refractivity contribution in [3.05, 3.63) is 0 Å². The van der Waals surface area contributed by atoms with Gasteiger partial charge in [0.1, 0.15) is 0 Å². The van der Waals surface area contributed by atoms with Gasteiger partial charge in [-0.2, -0.15) is 4.80 Å². The summed E-state index contributed by atoms with van der Waals surface area (Å²) in [5, 5.41) is 16.8. The number of anilines is 1. The zero-order valence-corrected chi connectivity index (χ0v) is 7.90. The molecule has 1 aliphatic rings. The van der Waals surface area contributed by atoms with Gasteiger partial charge in [-0.3, -0.25) is 10.1 Å². The highest BCUT2D eigenvalue weighted by atomic mass is 16.2. The number of rotatable bonds is 2. The summed E-state index contributed by atoms with van der Waals surface area (Å²) in [4.78, 5) is 12.8. The second-order valence-electron chi connectivity index (χ2n) is 3.24. The average molecular weight is 196 g/mol. The standard InChI is InChI=1S/C7H12N6O/c1-13-11-7(10-12-13)9-6(14)5-3-2-4-8-5/h5,8H,2-4H2,1H3,(H,9,11,14)/t5-/m1/s1. The van der Waals surface area contributed by atoms with E-state index in [1.54, 1.807) is 7.05 Å². The van der Waals surface area contributed by atoms with Gasteiger partial charge in [-0.15, -0.1) is 5.10 Å². The van der Waals surface area contributed by atoms with Gasteiger partial charge in [-0.05, 0) is 24.6 Å². The second kappa shape index (κ2) is 3.70. The van der Waals surface area contributed by atoms with Crippen LogP contribution in [0, 0.1) is 0 Å². The van der Waals surface area contributed by atoms with E-state index in [1.165, 1.54) is 4.80 Å². The highest BCUT2D eigenvalue weighted by Gasteiger charge is 2.22. The first-order valence-corrected chi connectivity index (χ1v) is 4.54. The predicted octanol–water partition coefficient (Wildman–Crippen LogP) is -1.10. The van der Waals surface area contributed by atoms with Gasteiger partial charge < -0.3 is 5.32 Å². The summed E-state index contributed by atoms with van der Waals surface area (Å²) in [5.74, 6) is 0.168. The molecule has 2 rings (SSSR count). The number of aryl methyl sites for hydroxylation is 1. The number of carbonyl (C=O) groups excluding carboxylic acids is 1. The van der Waals surface area contributed by atoms with E-state index in [4.69, 9.17) is 0 Å². The summed E-state index contributed by atoms with van der Waals surface area (Å²) in [6.07, 6.45) is 1.90. The third-order valence-corrected chi connectivity index (χ3v) is 2.12. The van der Waals surface area contributed by atoms with Crippen molar-refractivity contribution in [3.63, 3.8) is 0 Å². The van der Waals surface area contributed by atoms with Crippen LogP contribution in [-0.2, 0) is 11.8 Å². The zero-order valence-electron chi connectivity index (χ0n) is 7.90. The SMILES string of the molecule is Cn1nnc(NC(=O)[C@H]2CCCN2)n1. The van der Waals surface area contributed by atoms with Crippen molar-refractivity contribution >= 4 is 11.9 Å². The Kier molecular flexibility index (Phi) is 2.40. The van der Waals surface area contributed by atoms with Crippen molar-refractivity contribution in [1.29, 1.82) is 0 Å². The van der Waals surface area contributed by atoms with Crippen LogP contribution in [0.3, 0.4) is 0 Å². The zero-order chi connectivity index (χ0) is 9.97. The van der Waals surface area contributed by atoms with Crippen LogP contribution in [0.2, 0.25) is 0 Å². The van der Waals surface area contributed by atoms with Crippen LogP contribution in [0.25, 0.3) is 0 Å². The molecule has 1 aromatic heterocycles. The van der Waals surface area contributed by atoms with Gasteiger partial charge in [0.15, 0.2) is 0 Å². The van der Waals surface area contributed by atoms with Crippen molar-refractivity contribution < 1.29 is 4.79 Å². The van der Waals surface area contributed by atoms with Gasteiger partial charge in [0.25, 0.3) is 5.95 Å². The highest BCUT2D eigenvalue weighted by Crippen LogP contribution is 2.06. The predicted molar refractivity (Wildman–Crippen MR) is 48.5 cm³/mol. The number of aromatic nitrogens is 4. The normalized spacial score (nSPS) is 21.1. The van der Waals surface area contributed by atoms with E-state index in [0.29, 0.717) is 0 Å². The van der Waals surface area contributed by atoms with Crippen LogP contribution >= 0.6 is 0 Å². The van der Waals surface area contributed by atoms with E-state index in [0.717, 1.165) is 19.4 Å². The molecule has 0 radical (unpaired) electrons. The first-order valence-electron chi connectivity index (χ1n) is 4.54. The van der Waals surface area contributed by atoms with Crippen molar-refractivity contribution in [2.24, 2.45) is 7.05 Å². The fourth-order valence-corrected chi connectivity index (χ4v) is 1.44.